The van der Waals surface area contributed by atoms with Crippen LogP contribution in [-0.4, -0.2) is 55.4 Å². The van der Waals surface area contributed by atoms with Gasteiger partial charge in [0.2, 0.25) is 6.79 Å². The lowest BCUT2D eigenvalue weighted by molar-refractivity contribution is -0.133. The van der Waals surface area contributed by atoms with E-state index in [1.54, 1.807) is 35.7 Å². The Labute approximate surface area is 143 Å². The number of anilines is 1. The number of amides is 1. The number of carbonyl (C=O) groups excluding carboxylic acids is 1. The van der Waals surface area contributed by atoms with Crippen LogP contribution in [0, 0.1) is 0 Å². The van der Waals surface area contributed by atoms with Crippen LogP contribution in [-0.2, 0) is 4.79 Å². The number of ether oxygens (including phenoxy) is 3. The van der Waals surface area contributed by atoms with Gasteiger partial charge in [-0.2, -0.15) is 0 Å². The fourth-order valence-corrected chi connectivity index (χ4v) is 3.42. The maximum absolute atomic E-state index is 12.3. The van der Waals surface area contributed by atoms with Crippen molar-refractivity contribution in [2.45, 2.75) is 0 Å². The molecule has 7 nitrogen and oxygen atoms in total. The Morgan fingerprint density at radius 3 is 2.83 bits per heavy atom. The molecule has 24 heavy (non-hydrogen) atoms. The highest BCUT2D eigenvalue weighted by atomic mass is 32.1. The maximum Gasteiger partial charge on any atom is 0.260 e. The van der Waals surface area contributed by atoms with Gasteiger partial charge in [0.05, 0.1) is 0 Å². The fourth-order valence-electron chi connectivity index (χ4n) is 2.72. The van der Waals surface area contributed by atoms with E-state index < -0.39 is 0 Å². The van der Waals surface area contributed by atoms with Crippen molar-refractivity contribution >= 4 is 22.4 Å². The average molecular weight is 347 g/mol. The summed E-state index contributed by atoms with van der Waals surface area (Å²) < 4.78 is 16.1. The summed E-state index contributed by atoms with van der Waals surface area (Å²) in [7, 11) is 0. The average Bonchev–Trinajstić information content (AvgIpc) is 3.31. The molecule has 0 atom stereocenters. The molecule has 0 spiro atoms. The van der Waals surface area contributed by atoms with Crippen LogP contribution in [0.15, 0.2) is 29.8 Å². The van der Waals surface area contributed by atoms with Crippen molar-refractivity contribution in [3.05, 3.63) is 29.8 Å². The number of hydrogen-bond acceptors (Lipinski definition) is 7. The molecule has 2 aromatic rings. The molecule has 1 fully saturated rings. The molecular weight excluding hydrogens is 330 g/mol. The van der Waals surface area contributed by atoms with Crippen LogP contribution in [0.1, 0.15) is 0 Å². The van der Waals surface area contributed by atoms with Crippen LogP contribution in [0.4, 0.5) is 5.13 Å². The molecule has 1 aromatic carbocycles. The molecule has 0 unspecified atom stereocenters. The van der Waals surface area contributed by atoms with Crippen LogP contribution in [0.3, 0.4) is 0 Å². The van der Waals surface area contributed by atoms with Gasteiger partial charge >= 0.3 is 0 Å². The molecule has 4 rings (SSSR count). The van der Waals surface area contributed by atoms with Crippen molar-refractivity contribution in [3.8, 4) is 17.2 Å². The molecule has 1 saturated heterocycles. The first-order chi connectivity index (χ1) is 11.8. The minimum absolute atomic E-state index is 0.00791. The smallest absolute Gasteiger partial charge is 0.260 e. The normalized spacial score (nSPS) is 16.3. The lowest BCUT2D eigenvalue weighted by Gasteiger charge is -2.34. The van der Waals surface area contributed by atoms with Gasteiger partial charge in [-0.25, -0.2) is 4.98 Å². The first-order valence-electron chi connectivity index (χ1n) is 7.74. The summed E-state index contributed by atoms with van der Waals surface area (Å²) in [6, 6.07) is 5.31. The Morgan fingerprint density at radius 2 is 2.04 bits per heavy atom. The van der Waals surface area contributed by atoms with E-state index in [2.05, 4.69) is 9.88 Å². The maximum atomic E-state index is 12.3. The number of benzene rings is 1. The van der Waals surface area contributed by atoms with Gasteiger partial charge in [0.25, 0.3) is 5.91 Å². The van der Waals surface area contributed by atoms with E-state index in [0.29, 0.717) is 30.3 Å². The van der Waals surface area contributed by atoms with E-state index >= 15 is 0 Å². The molecular formula is C16H17N3O4S. The molecule has 2 aliphatic rings. The monoisotopic (exact) mass is 347 g/mol. The standard InChI is InChI=1S/C16H17N3O4S/c20-15(10-21-12-1-2-13-14(9-12)23-11-22-13)18-4-6-19(7-5-18)16-17-3-8-24-16/h1-3,8-9H,4-7,10-11H2. The zero-order valence-electron chi connectivity index (χ0n) is 13.0. The number of fused-ring (bicyclic) bond motifs is 1. The number of thiazole rings is 1. The van der Waals surface area contributed by atoms with Gasteiger partial charge in [0, 0.05) is 43.8 Å². The van der Waals surface area contributed by atoms with Crippen molar-refractivity contribution in [1.29, 1.82) is 0 Å². The Morgan fingerprint density at radius 1 is 1.21 bits per heavy atom. The van der Waals surface area contributed by atoms with Gasteiger partial charge in [-0.05, 0) is 12.1 Å². The second kappa shape index (κ2) is 6.56. The minimum Gasteiger partial charge on any atom is -0.484 e. The van der Waals surface area contributed by atoms with Crippen molar-refractivity contribution in [3.63, 3.8) is 0 Å². The van der Waals surface area contributed by atoms with Crippen molar-refractivity contribution in [2.24, 2.45) is 0 Å². The largest absolute Gasteiger partial charge is 0.484 e. The molecule has 1 amide bonds. The van der Waals surface area contributed by atoms with Crippen molar-refractivity contribution in [2.75, 3.05) is 44.5 Å². The third-order valence-electron chi connectivity index (χ3n) is 4.03. The number of rotatable bonds is 4. The third kappa shape index (κ3) is 3.09. The molecule has 0 N–H and O–H groups in total. The van der Waals surface area contributed by atoms with E-state index in [1.807, 2.05) is 10.3 Å². The predicted molar refractivity (Wildman–Crippen MR) is 89.0 cm³/mol. The van der Waals surface area contributed by atoms with E-state index in [0.717, 1.165) is 18.2 Å². The van der Waals surface area contributed by atoms with E-state index in [4.69, 9.17) is 14.2 Å². The molecule has 0 aliphatic carbocycles. The quantitative estimate of drug-likeness (QED) is 0.837. The van der Waals surface area contributed by atoms with Crippen LogP contribution < -0.4 is 19.1 Å². The van der Waals surface area contributed by atoms with Crippen LogP contribution in [0.5, 0.6) is 17.2 Å². The highest BCUT2D eigenvalue weighted by molar-refractivity contribution is 7.13. The van der Waals surface area contributed by atoms with E-state index in [9.17, 15) is 4.79 Å². The van der Waals surface area contributed by atoms with Crippen molar-refractivity contribution < 1.29 is 19.0 Å². The molecule has 0 radical (unpaired) electrons. The second-order valence-electron chi connectivity index (χ2n) is 5.49. The van der Waals surface area contributed by atoms with E-state index in [-0.39, 0.29) is 19.3 Å². The molecule has 126 valence electrons. The number of carbonyl (C=O) groups is 1. The summed E-state index contributed by atoms with van der Waals surface area (Å²) in [5, 5.41) is 2.98. The Kier molecular flexibility index (Phi) is 4.12. The fraction of sp³-hybridized carbons (Fsp3) is 0.375. The van der Waals surface area contributed by atoms with Crippen molar-refractivity contribution in [1.82, 2.24) is 9.88 Å². The Hall–Kier alpha value is -2.48. The molecule has 0 bridgehead atoms. The van der Waals surface area contributed by atoms with Gasteiger partial charge in [-0.1, -0.05) is 0 Å². The first-order valence-corrected chi connectivity index (χ1v) is 8.62. The summed E-state index contributed by atoms with van der Waals surface area (Å²) in [6.07, 6.45) is 1.80. The summed E-state index contributed by atoms with van der Waals surface area (Å²) in [4.78, 5) is 20.7. The Balaban J connectivity index is 1.28. The number of piperazine rings is 1. The Bertz CT molecular complexity index is 714. The number of aromatic nitrogens is 1. The lowest BCUT2D eigenvalue weighted by Crippen LogP contribution is -2.50. The summed E-state index contributed by atoms with van der Waals surface area (Å²) in [5.41, 5.74) is 0. The third-order valence-corrected chi connectivity index (χ3v) is 4.86. The first kappa shape index (κ1) is 15.1. The van der Waals surface area contributed by atoms with Gasteiger partial charge in [0.1, 0.15) is 5.75 Å². The number of nitrogens with zero attached hydrogens (tertiary/aromatic N) is 3. The highest BCUT2D eigenvalue weighted by Crippen LogP contribution is 2.35. The van der Waals surface area contributed by atoms with Gasteiger partial charge in [0.15, 0.2) is 23.2 Å². The van der Waals surface area contributed by atoms with Crippen LogP contribution >= 0.6 is 11.3 Å². The second-order valence-corrected chi connectivity index (χ2v) is 6.36. The molecule has 8 heteroatoms. The highest BCUT2D eigenvalue weighted by Gasteiger charge is 2.23. The van der Waals surface area contributed by atoms with Gasteiger partial charge in [-0.3, -0.25) is 4.79 Å². The summed E-state index contributed by atoms with van der Waals surface area (Å²) >= 11 is 1.62. The predicted octanol–water partition coefficient (Wildman–Crippen LogP) is 1.60. The topological polar surface area (TPSA) is 64.1 Å². The van der Waals surface area contributed by atoms with E-state index in [1.165, 1.54) is 0 Å². The molecule has 1 aromatic heterocycles. The molecule has 3 heterocycles. The lowest BCUT2D eigenvalue weighted by atomic mass is 10.3. The number of hydrogen-bond donors (Lipinski definition) is 0. The SMILES string of the molecule is O=C(COc1ccc2c(c1)OCO2)N1CCN(c2nccs2)CC1. The summed E-state index contributed by atoms with van der Waals surface area (Å²) in [6.45, 7) is 3.20. The zero-order chi connectivity index (χ0) is 16.4. The zero-order valence-corrected chi connectivity index (χ0v) is 13.8. The van der Waals surface area contributed by atoms with Gasteiger partial charge in [-0.15, -0.1) is 11.3 Å². The van der Waals surface area contributed by atoms with Crippen LogP contribution in [0.25, 0.3) is 0 Å². The van der Waals surface area contributed by atoms with Gasteiger partial charge < -0.3 is 24.0 Å². The molecule has 2 aliphatic heterocycles. The summed E-state index contributed by atoms with van der Waals surface area (Å²) in [5.74, 6) is 1.95. The minimum atomic E-state index is -0.00791. The van der Waals surface area contributed by atoms with Crippen LogP contribution in [0.2, 0.25) is 0 Å². The molecule has 0 saturated carbocycles.